The number of aryl methyl sites for hydroxylation is 1. The Bertz CT molecular complexity index is 822. The van der Waals surface area contributed by atoms with Gasteiger partial charge in [-0.2, -0.15) is 0 Å². The van der Waals surface area contributed by atoms with Crippen LogP contribution in [-0.2, 0) is 14.8 Å². The predicted octanol–water partition coefficient (Wildman–Crippen LogP) is 3.08. The van der Waals surface area contributed by atoms with Crippen LogP contribution in [-0.4, -0.2) is 56.8 Å². The van der Waals surface area contributed by atoms with Crippen LogP contribution in [0.25, 0.3) is 0 Å². The van der Waals surface area contributed by atoms with E-state index >= 15 is 0 Å². The number of hydrogen-bond donors (Lipinski definition) is 1. The van der Waals surface area contributed by atoms with E-state index in [0.29, 0.717) is 11.6 Å². The number of benzene rings is 1. The number of anilines is 1. The van der Waals surface area contributed by atoms with Gasteiger partial charge in [0.15, 0.2) is 0 Å². The minimum atomic E-state index is -3.53. The summed E-state index contributed by atoms with van der Waals surface area (Å²) in [6.45, 7) is 5.78. The number of likely N-dealkylation sites (tertiary alicyclic amines) is 1. The molecule has 0 unspecified atom stereocenters. The normalized spacial score (nSPS) is 24.6. The molecule has 28 heavy (non-hydrogen) atoms. The van der Waals surface area contributed by atoms with Crippen molar-refractivity contribution in [2.75, 3.05) is 32.5 Å². The zero-order valence-corrected chi connectivity index (χ0v) is 18.3. The first-order chi connectivity index (χ1) is 13.2. The van der Waals surface area contributed by atoms with Crippen molar-refractivity contribution in [3.05, 3.63) is 23.8 Å². The molecule has 3 rings (SSSR count). The van der Waals surface area contributed by atoms with Gasteiger partial charge in [0.2, 0.25) is 15.9 Å². The average molecular weight is 408 g/mol. The Labute approximate surface area is 169 Å². The molecule has 1 heterocycles. The number of nitrogens with one attached hydrogen (secondary N) is 1. The van der Waals surface area contributed by atoms with E-state index in [0.717, 1.165) is 24.6 Å². The molecule has 6 nitrogen and oxygen atoms in total. The lowest BCUT2D eigenvalue weighted by atomic mass is 9.75. The summed E-state index contributed by atoms with van der Waals surface area (Å²) in [4.78, 5) is 15.4. The van der Waals surface area contributed by atoms with E-state index in [4.69, 9.17) is 0 Å². The van der Waals surface area contributed by atoms with Crippen LogP contribution in [0.1, 0.15) is 44.6 Å². The van der Waals surface area contributed by atoms with Crippen molar-refractivity contribution >= 4 is 21.6 Å². The number of hydrogen-bond acceptors (Lipinski definition) is 4. The molecule has 1 saturated carbocycles. The van der Waals surface area contributed by atoms with Crippen LogP contribution in [0.15, 0.2) is 23.1 Å². The predicted molar refractivity (Wildman–Crippen MR) is 112 cm³/mol. The second-order valence-corrected chi connectivity index (χ2v) is 10.7. The topological polar surface area (TPSA) is 69.7 Å². The van der Waals surface area contributed by atoms with Crippen LogP contribution in [0.4, 0.5) is 5.69 Å². The molecule has 1 saturated heterocycles. The van der Waals surface area contributed by atoms with Crippen molar-refractivity contribution in [3.63, 3.8) is 0 Å². The third-order valence-electron chi connectivity index (χ3n) is 6.50. The number of carbonyl (C=O) groups excluding carboxylic acids is 1. The number of rotatable bonds is 5. The summed E-state index contributed by atoms with van der Waals surface area (Å²) in [5.74, 6) is 1.47. The summed E-state index contributed by atoms with van der Waals surface area (Å²) in [6.07, 6.45) is 6.45. The third-order valence-corrected chi connectivity index (χ3v) is 8.31. The zero-order valence-electron chi connectivity index (χ0n) is 17.4. The Morgan fingerprint density at radius 2 is 1.86 bits per heavy atom. The lowest BCUT2D eigenvalue weighted by Crippen LogP contribution is -2.50. The fraction of sp³-hybridized carbons (Fsp3) is 0.667. The lowest BCUT2D eigenvalue weighted by Gasteiger charge is -2.43. The minimum absolute atomic E-state index is 0.0724. The van der Waals surface area contributed by atoms with E-state index in [1.54, 1.807) is 18.2 Å². The van der Waals surface area contributed by atoms with Gasteiger partial charge in [0, 0.05) is 26.3 Å². The Balaban J connectivity index is 1.70. The van der Waals surface area contributed by atoms with E-state index < -0.39 is 10.0 Å². The monoisotopic (exact) mass is 407 g/mol. The fourth-order valence-corrected chi connectivity index (χ4v) is 5.42. The SMILES string of the molecule is Cc1ccc(S(=O)(=O)N(C)C)cc1NC(=O)[C@@H](C)N1CC[C@@H]2CCCC[C@@H]2C1. The number of carbonyl (C=O) groups is 1. The van der Waals surface area contributed by atoms with E-state index in [2.05, 4.69) is 10.2 Å². The molecule has 1 aromatic rings. The highest BCUT2D eigenvalue weighted by molar-refractivity contribution is 7.89. The molecule has 0 aromatic heterocycles. The van der Waals surface area contributed by atoms with Crippen LogP contribution >= 0.6 is 0 Å². The quantitative estimate of drug-likeness (QED) is 0.814. The maximum absolute atomic E-state index is 12.9. The lowest BCUT2D eigenvalue weighted by molar-refractivity contribution is -0.122. The van der Waals surface area contributed by atoms with Crippen molar-refractivity contribution in [3.8, 4) is 0 Å². The first-order valence-electron chi connectivity index (χ1n) is 10.3. The van der Waals surface area contributed by atoms with E-state index in [9.17, 15) is 13.2 Å². The standard InChI is InChI=1S/C21H33N3O3S/c1-15-9-10-19(28(26,27)23(3)4)13-20(15)22-21(25)16(2)24-12-11-17-7-5-6-8-18(17)14-24/h9-10,13,16-18H,5-8,11-12,14H2,1-4H3,(H,22,25)/t16-,17+,18-/m1/s1. The maximum Gasteiger partial charge on any atom is 0.242 e. The zero-order chi connectivity index (χ0) is 20.5. The number of fused-ring (bicyclic) bond motifs is 1. The first-order valence-corrected chi connectivity index (χ1v) is 11.7. The van der Waals surface area contributed by atoms with Gasteiger partial charge in [-0.15, -0.1) is 0 Å². The molecule has 2 fully saturated rings. The molecule has 2 aliphatic rings. The molecule has 1 aliphatic heterocycles. The first kappa shape index (κ1) is 21.3. The van der Waals surface area contributed by atoms with Gasteiger partial charge >= 0.3 is 0 Å². The second kappa shape index (κ2) is 8.51. The summed E-state index contributed by atoms with van der Waals surface area (Å²) >= 11 is 0. The number of piperidine rings is 1. The summed E-state index contributed by atoms with van der Waals surface area (Å²) in [5.41, 5.74) is 1.41. The van der Waals surface area contributed by atoms with Crippen molar-refractivity contribution in [2.24, 2.45) is 11.8 Å². The largest absolute Gasteiger partial charge is 0.324 e. The number of sulfonamides is 1. The van der Waals surface area contributed by atoms with Crippen LogP contribution in [0.3, 0.4) is 0 Å². The van der Waals surface area contributed by atoms with E-state index in [1.807, 2.05) is 13.8 Å². The Morgan fingerprint density at radius 3 is 2.54 bits per heavy atom. The van der Waals surface area contributed by atoms with Crippen LogP contribution in [0, 0.1) is 18.8 Å². The second-order valence-electron chi connectivity index (χ2n) is 8.52. The summed E-state index contributed by atoms with van der Waals surface area (Å²) in [6, 6.07) is 4.65. The molecule has 0 bridgehead atoms. The van der Waals surface area contributed by atoms with Gasteiger partial charge in [0.25, 0.3) is 0 Å². The van der Waals surface area contributed by atoms with Gasteiger partial charge < -0.3 is 5.32 Å². The van der Waals surface area contributed by atoms with Crippen molar-refractivity contribution in [2.45, 2.75) is 56.9 Å². The highest BCUT2D eigenvalue weighted by atomic mass is 32.2. The third kappa shape index (κ3) is 4.42. The molecular weight excluding hydrogens is 374 g/mol. The molecule has 3 atom stereocenters. The van der Waals surface area contributed by atoms with Crippen molar-refractivity contribution < 1.29 is 13.2 Å². The highest BCUT2D eigenvalue weighted by Crippen LogP contribution is 2.36. The molecule has 156 valence electrons. The van der Waals surface area contributed by atoms with Gasteiger partial charge in [-0.3, -0.25) is 9.69 Å². The molecule has 1 amide bonds. The van der Waals surface area contributed by atoms with E-state index in [1.165, 1.54) is 50.5 Å². The van der Waals surface area contributed by atoms with Gasteiger partial charge in [-0.1, -0.05) is 25.3 Å². The Kier molecular flexibility index (Phi) is 6.47. The van der Waals surface area contributed by atoms with Gasteiger partial charge in [-0.05, 0) is 62.8 Å². The molecule has 1 N–H and O–H groups in total. The van der Waals surface area contributed by atoms with Crippen LogP contribution in [0.5, 0.6) is 0 Å². The smallest absolute Gasteiger partial charge is 0.242 e. The molecule has 0 radical (unpaired) electrons. The van der Waals surface area contributed by atoms with Gasteiger partial charge in [0.05, 0.1) is 10.9 Å². The summed E-state index contributed by atoms with van der Waals surface area (Å²) in [5, 5.41) is 2.97. The van der Waals surface area contributed by atoms with Gasteiger partial charge in [-0.25, -0.2) is 12.7 Å². The summed E-state index contributed by atoms with van der Waals surface area (Å²) in [7, 11) is -0.526. The van der Waals surface area contributed by atoms with E-state index in [-0.39, 0.29) is 16.8 Å². The molecular formula is C21H33N3O3S. The Hall–Kier alpha value is -1.44. The molecule has 1 aliphatic carbocycles. The van der Waals surface area contributed by atoms with Crippen LogP contribution in [0.2, 0.25) is 0 Å². The Morgan fingerprint density at radius 1 is 1.18 bits per heavy atom. The minimum Gasteiger partial charge on any atom is -0.324 e. The highest BCUT2D eigenvalue weighted by Gasteiger charge is 2.34. The maximum atomic E-state index is 12.9. The molecule has 1 aromatic carbocycles. The fourth-order valence-electron chi connectivity index (χ4n) is 4.49. The molecule has 7 heteroatoms. The summed E-state index contributed by atoms with van der Waals surface area (Å²) < 4.78 is 26.0. The average Bonchev–Trinajstić information content (AvgIpc) is 2.68. The molecule has 0 spiro atoms. The number of nitrogens with zero attached hydrogens (tertiary/aromatic N) is 2. The van der Waals surface area contributed by atoms with Crippen molar-refractivity contribution in [1.29, 1.82) is 0 Å². The van der Waals surface area contributed by atoms with Crippen molar-refractivity contribution in [1.82, 2.24) is 9.21 Å². The van der Waals surface area contributed by atoms with Gasteiger partial charge in [0.1, 0.15) is 0 Å². The number of amides is 1. The van der Waals surface area contributed by atoms with Crippen LogP contribution < -0.4 is 5.32 Å².